The number of hydrogen-bond acceptors (Lipinski definition) is 4. The molecule has 0 saturated heterocycles. The Kier molecular flexibility index (Phi) is 6.26. The van der Waals surface area contributed by atoms with E-state index in [0.29, 0.717) is 23.1 Å². The number of carbonyl (C=O) groups excluding carboxylic acids is 1. The van der Waals surface area contributed by atoms with Crippen molar-refractivity contribution in [3.63, 3.8) is 0 Å². The van der Waals surface area contributed by atoms with Crippen LogP contribution in [-0.4, -0.2) is 17.0 Å². The number of anilines is 1. The standard InChI is InChI=1S/C27H28N2O3/c1-5-18(4)20-11-14-25-24(16-20)29-27(32-25)21-7-6-8-22(15-21)28-26(30)19-9-12-23(13-10-19)31-17(2)3/h6-18H,5H2,1-4H3,(H,28,30)/t18-/m0/s1. The third-order valence-corrected chi connectivity index (χ3v) is 5.45. The zero-order valence-electron chi connectivity index (χ0n) is 18.9. The molecule has 1 N–H and O–H groups in total. The Labute approximate surface area is 188 Å². The van der Waals surface area contributed by atoms with Gasteiger partial charge in [0, 0.05) is 16.8 Å². The molecule has 5 nitrogen and oxygen atoms in total. The molecule has 0 aliphatic heterocycles. The van der Waals surface area contributed by atoms with Gasteiger partial charge in [0.1, 0.15) is 11.3 Å². The van der Waals surface area contributed by atoms with Crippen LogP contribution in [0.25, 0.3) is 22.6 Å². The van der Waals surface area contributed by atoms with E-state index in [1.807, 2.05) is 44.2 Å². The topological polar surface area (TPSA) is 64.4 Å². The highest BCUT2D eigenvalue weighted by Crippen LogP contribution is 2.29. The first-order valence-corrected chi connectivity index (χ1v) is 11.0. The van der Waals surface area contributed by atoms with Crippen molar-refractivity contribution >= 4 is 22.7 Å². The van der Waals surface area contributed by atoms with Crippen LogP contribution in [0.3, 0.4) is 0 Å². The van der Waals surface area contributed by atoms with Gasteiger partial charge in [-0.1, -0.05) is 26.0 Å². The van der Waals surface area contributed by atoms with E-state index < -0.39 is 0 Å². The Morgan fingerprint density at radius 1 is 1.03 bits per heavy atom. The number of aromatic nitrogens is 1. The SMILES string of the molecule is CC[C@H](C)c1ccc2oc(-c3cccc(NC(=O)c4ccc(OC(C)C)cc4)c3)nc2c1. The first kappa shape index (κ1) is 21.6. The average Bonchev–Trinajstić information content (AvgIpc) is 3.22. The molecule has 0 radical (unpaired) electrons. The van der Waals surface area contributed by atoms with Crippen molar-refractivity contribution in [2.24, 2.45) is 0 Å². The van der Waals surface area contributed by atoms with E-state index in [1.54, 1.807) is 24.3 Å². The lowest BCUT2D eigenvalue weighted by Gasteiger charge is -2.10. The third kappa shape index (κ3) is 4.83. The lowest BCUT2D eigenvalue weighted by atomic mass is 9.98. The number of rotatable bonds is 7. The Morgan fingerprint density at radius 3 is 2.53 bits per heavy atom. The number of fused-ring (bicyclic) bond motifs is 1. The summed E-state index contributed by atoms with van der Waals surface area (Å²) in [5.74, 6) is 1.57. The Balaban J connectivity index is 1.52. The molecule has 0 fully saturated rings. The minimum atomic E-state index is -0.186. The van der Waals surface area contributed by atoms with E-state index in [9.17, 15) is 4.79 Å². The zero-order chi connectivity index (χ0) is 22.7. The average molecular weight is 429 g/mol. The number of nitrogens with zero attached hydrogens (tertiary/aromatic N) is 1. The van der Waals surface area contributed by atoms with Crippen LogP contribution in [0.4, 0.5) is 5.69 Å². The number of oxazole rings is 1. The molecule has 4 aromatic rings. The first-order chi connectivity index (χ1) is 15.4. The number of benzene rings is 3. The van der Waals surface area contributed by atoms with Gasteiger partial charge in [-0.05, 0) is 86.3 Å². The van der Waals surface area contributed by atoms with E-state index in [1.165, 1.54) is 5.56 Å². The summed E-state index contributed by atoms with van der Waals surface area (Å²) in [6, 6.07) is 20.8. The van der Waals surface area contributed by atoms with Crippen LogP contribution in [0.15, 0.2) is 71.1 Å². The van der Waals surface area contributed by atoms with Gasteiger partial charge in [-0.15, -0.1) is 0 Å². The van der Waals surface area contributed by atoms with Gasteiger partial charge in [0.2, 0.25) is 5.89 Å². The smallest absolute Gasteiger partial charge is 0.255 e. The molecule has 5 heteroatoms. The maximum Gasteiger partial charge on any atom is 0.255 e. The van der Waals surface area contributed by atoms with E-state index in [-0.39, 0.29) is 12.0 Å². The second-order valence-corrected chi connectivity index (χ2v) is 8.28. The summed E-state index contributed by atoms with van der Waals surface area (Å²) in [6.45, 7) is 8.32. The largest absolute Gasteiger partial charge is 0.491 e. The predicted octanol–water partition coefficient (Wildman–Crippen LogP) is 7.05. The lowest BCUT2D eigenvalue weighted by molar-refractivity contribution is 0.102. The third-order valence-electron chi connectivity index (χ3n) is 5.45. The van der Waals surface area contributed by atoms with Gasteiger partial charge in [0.25, 0.3) is 5.91 Å². The fourth-order valence-corrected chi connectivity index (χ4v) is 3.50. The number of amides is 1. The molecule has 1 amide bonds. The van der Waals surface area contributed by atoms with E-state index in [2.05, 4.69) is 36.3 Å². The molecular formula is C27H28N2O3. The highest BCUT2D eigenvalue weighted by Gasteiger charge is 2.13. The summed E-state index contributed by atoms with van der Waals surface area (Å²) in [4.78, 5) is 17.4. The number of ether oxygens (including phenoxy) is 1. The molecule has 3 aromatic carbocycles. The van der Waals surface area contributed by atoms with E-state index >= 15 is 0 Å². The number of carbonyl (C=O) groups is 1. The molecule has 0 unspecified atom stereocenters. The summed E-state index contributed by atoms with van der Waals surface area (Å²) in [5, 5.41) is 2.94. The van der Waals surface area contributed by atoms with Crippen molar-refractivity contribution in [2.45, 2.75) is 46.1 Å². The van der Waals surface area contributed by atoms with Crippen LogP contribution >= 0.6 is 0 Å². The second-order valence-electron chi connectivity index (χ2n) is 8.28. The van der Waals surface area contributed by atoms with Gasteiger partial charge in [-0.2, -0.15) is 0 Å². The van der Waals surface area contributed by atoms with Crippen LogP contribution in [0.1, 0.15) is 56.0 Å². The van der Waals surface area contributed by atoms with Gasteiger partial charge in [-0.25, -0.2) is 4.98 Å². The van der Waals surface area contributed by atoms with Gasteiger partial charge >= 0.3 is 0 Å². The molecule has 0 saturated carbocycles. The van der Waals surface area contributed by atoms with Crippen molar-refractivity contribution in [1.29, 1.82) is 0 Å². The summed E-state index contributed by atoms with van der Waals surface area (Å²) < 4.78 is 11.6. The highest BCUT2D eigenvalue weighted by molar-refractivity contribution is 6.04. The van der Waals surface area contributed by atoms with Gasteiger partial charge in [0.15, 0.2) is 5.58 Å². The van der Waals surface area contributed by atoms with Crippen LogP contribution < -0.4 is 10.1 Å². The minimum Gasteiger partial charge on any atom is -0.491 e. The summed E-state index contributed by atoms with van der Waals surface area (Å²) >= 11 is 0. The number of nitrogens with one attached hydrogen (secondary N) is 1. The van der Waals surface area contributed by atoms with E-state index in [0.717, 1.165) is 28.8 Å². The highest BCUT2D eigenvalue weighted by atomic mass is 16.5. The molecule has 32 heavy (non-hydrogen) atoms. The molecular weight excluding hydrogens is 400 g/mol. The van der Waals surface area contributed by atoms with E-state index in [4.69, 9.17) is 9.15 Å². The predicted molar refractivity (Wildman–Crippen MR) is 128 cm³/mol. The fraction of sp³-hybridized carbons (Fsp3) is 0.259. The normalized spacial score (nSPS) is 12.2. The van der Waals surface area contributed by atoms with Gasteiger partial charge < -0.3 is 14.5 Å². The summed E-state index contributed by atoms with van der Waals surface area (Å²) in [5.41, 5.74) is 4.90. The van der Waals surface area contributed by atoms with Crippen LogP contribution in [-0.2, 0) is 0 Å². The maximum absolute atomic E-state index is 12.7. The van der Waals surface area contributed by atoms with Crippen molar-refractivity contribution < 1.29 is 13.9 Å². The Hall–Kier alpha value is -3.60. The summed E-state index contributed by atoms with van der Waals surface area (Å²) in [7, 11) is 0. The molecule has 0 aliphatic rings. The Bertz CT molecular complexity index is 1230. The second kappa shape index (κ2) is 9.27. The van der Waals surface area contributed by atoms with Crippen LogP contribution in [0, 0.1) is 0 Å². The van der Waals surface area contributed by atoms with Crippen molar-refractivity contribution in [2.75, 3.05) is 5.32 Å². The first-order valence-electron chi connectivity index (χ1n) is 11.0. The molecule has 164 valence electrons. The van der Waals surface area contributed by atoms with Crippen molar-refractivity contribution in [1.82, 2.24) is 4.98 Å². The number of hydrogen-bond donors (Lipinski definition) is 1. The van der Waals surface area contributed by atoms with Gasteiger partial charge in [0.05, 0.1) is 6.10 Å². The van der Waals surface area contributed by atoms with Crippen molar-refractivity contribution in [3.8, 4) is 17.2 Å². The van der Waals surface area contributed by atoms with Crippen LogP contribution in [0.5, 0.6) is 5.75 Å². The van der Waals surface area contributed by atoms with Gasteiger partial charge in [-0.3, -0.25) is 4.79 Å². The quantitative estimate of drug-likeness (QED) is 0.343. The maximum atomic E-state index is 12.7. The minimum absolute atomic E-state index is 0.0888. The molecule has 0 spiro atoms. The van der Waals surface area contributed by atoms with Crippen LogP contribution in [0.2, 0.25) is 0 Å². The molecule has 1 heterocycles. The Morgan fingerprint density at radius 2 is 1.81 bits per heavy atom. The molecule has 1 atom stereocenters. The van der Waals surface area contributed by atoms with Crippen molar-refractivity contribution in [3.05, 3.63) is 77.9 Å². The molecule has 0 aliphatic carbocycles. The summed E-state index contributed by atoms with van der Waals surface area (Å²) in [6.07, 6.45) is 1.16. The molecule has 0 bridgehead atoms. The monoisotopic (exact) mass is 428 g/mol. The molecule has 1 aromatic heterocycles. The molecule has 4 rings (SSSR count). The lowest BCUT2D eigenvalue weighted by Crippen LogP contribution is -2.12. The fourth-order valence-electron chi connectivity index (χ4n) is 3.50. The zero-order valence-corrected chi connectivity index (χ0v) is 18.9.